The summed E-state index contributed by atoms with van der Waals surface area (Å²) in [5.41, 5.74) is 7.34. The molecule has 2 aliphatic rings. The number of amides is 2. The molecule has 3 aromatic rings. The summed E-state index contributed by atoms with van der Waals surface area (Å²) in [4.78, 5) is 32.5. The van der Waals surface area contributed by atoms with E-state index in [4.69, 9.17) is 10.7 Å². The van der Waals surface area contributed by atoms with Crippen molar-refractivity contribution in [1.82, 2.24) is 4.90 Å². The molecule has 3 atom stereocenters. The van der Waals surface area contributed by atoms with Crippen LogP contribution in [0.3, 0.4) is 0 Å². The van der Waals surface area contributed by atoms with E-state index in [0.29, 0.717) is 37.1 Å². The number of anilines is 1. The van der Waals surface area contributed by atoms with Crippen LogP contribution < -0.4 is 11.1 Å². The van der Waals surface area contributed by atoms with Crippen molar-refractivity contribution in [2.24, 2.45) is 22.6 Å². The van der Waals surface area contributed by atoms with Gasteiger partial charge in [0.25, 0.3) is 5.91 Å². The lowest BCUT2D eigenvalue weighted by Crippen LogP contribution is -2.44. The minimum Gasteiger partial charge on any atom is -0.369 e. The summed E-state index contributed by atoms with van der Waals surface area (Å²) in [7, 11) is 1.71. The number of aryl methyl sites for hydroxylation is 1. The van der Waals surface area contributed by atoms with Crippen molar-refractivity contribution in [3.63, 3.8) is 0 Å². The molecular weight excluding hydrogens is 460 g/mol. The molecule has 0 bridgehead atoms. The Kier molecular flexibility index (Phi) is 7.26. The number of nitrogens with one attached hydrogen (secondary N) is 1. The molecule has 5 rings (SSSR count). The van der Waals surface area contributed by atoms with Gasteiger partial charge in [0.15, 0.2) is 5.96 Å². The Morgan fingerprint density at radius 1 is 1.03 bits per heavy atom. The molecule has 6 nitrogen and oxygen atoms in total. The highest BCUT2D eigenvalue weighted by Gasteiger charge is 2.47. The van der Waals surface area contributed by atoms with Crippen LogP contribution in [0.5, 0.6) is 0 Å². The fourth-order valence-electron chi connectivity index (χ4n) is 6.14. The summed E-state index contributed by atoms with van der Waals surface area (Å²) in [6.07, 6.45) is 6.71. The van der Waals surface area contributed by atoms with Crippen LogP contribution in [0.4, 0.5) is 5.69 Å². The van der Waals surface area contributed by atoms with Gasteiger partial charge in [-0.05, 0) is 72.4 Å². The van der Waals surface area contributed by atoms with Gasteiger partial charge in [-0.15, -0.1) is 0 Å². The van der Waals surface area contributed by atoms with E-state index in [1.54, 1.807) is 7.05 Å². The molecule has 3 aromatic carbocycles. The Morgan fingerprint density at radius 2 is 1.76 bits per heavy atom. The Bertz CT molecular complexity index is 1300. The molecule has 1 fully saturated rings. The van der Waals surface area contributed by atoms with Gasteiger partial charge in [0.05, 0.1) is 0 Å². The quantitative estimate of drug-likeness (QED) is 0.430. The van der Waals surface area contributed by atoms with E-state index in [9.17, 15) is 9.59 Å². The second-order valence-electron chi connectivity index (χ2n) is 10.8. The molecule has 192 valence electrons. The zero-order valence-electron chi connectivity index (χ0n) is 21.5. The first-order chi connectivity index (χ1) is 17.9. The SMILES string of the molecule is CN1C(=O)[C@@](CCc2ccccc2)(C[C@H]2CCCC(CC(=O)Nc3ccc4ccccc4c3)C2)N=C1N. The molecule has 1 aliphatic heterocycles. The highest BCUT2D eigenvalue weighted by atomic mass is 16.2. The molecular formula is C31H36N4O2. The van der Waals surface area contributed by atoms with Crippen LogP contribution >= 0.6 is 0 Å². The van der Waals surface area contributed by atoms with E-state index in [2.05, 4.69) is 29.6 Å². The lowest BCUT2D eigenvalue weighted by Gasteiger charge is -2.34. The molecule has 1 unspecified atom stereocenters. The van der Waals surface area contributed by atoms with Gasteiger partial charge in [-0.1, -0.05) is 73.5 Å². The van der Waals surface area contributed by atoms with Crippen molar-refractivity contribution in [2.45, 2.75) is 56.9 Å². The summed E-state index contributed by atoms with van der Waals surface area (Å²) < 4.78 is 0. The van der Waals surface area contributed by atoms with Crippen LogP contribution in [0, 0.1) is 11.8 Å². The van der Waals surface area contributed by atoms with E-state index in [0.717, 1.165) is 48.6 Å². The van der Waals surface area contributed by atoms with E-state index in [1.807, 2.05) is 48.5 Å². The largest absolute Gasteiger partial charge is 0.369 e. The minimum atomic E-state index is -0.811. The molecule has 0 radical (unpaired) electrons. The average molecular weight is 497 g/mol. The van der Waals surface area contributed by atoms with Crippen molar-refractivity contribution in [1.29, 1.82) is 0 Å². The van der Waals surface area contributed by atoms with Crippen LogP contribution in [0.2, 0.25) is 0 Å². The van der Waals surface area contributed by atoms with Crippen LogP contribution in [0.1, 0.15) is 50.5 Å². The number of rotatable bonds is 8. The fourth-order valence-corrected chi connectivity index (χ4v) is 6.14. The Morgan fingerprint density at radius 3 is 2.51 bits per heavy atom. The Hall–Kier alpha value is -3.67. The number of hydrogen-bond acceptors (Lipinski definition) is 4. The van der Waals surface area contributed by atoms with Gasteiger partial charge < -0.3 is 11.1 Å². The first kappa shape index (κ1) is 25.0. The van der Waals surface area contributed by atoms with E-state index in [1.165, 1.54) is 10.5 Å². The van der Waals surface area contributed by atoms with E-state index < -0.39 is 5.54 Å². The highest BCUT2D eigenvalue weighted by molar-refractivity contribution is 6.06. The zero-order chi connectivity index (χ0) is 25.8. The number of nitrogens with zero attached hydrogens (tertiary/aromatic N) is 2. The molecule has 3 N–H and O–H groups in total. The smallest absolute Gasteiger partial charge is 0.257 e. The molecule has 6 heteroatoms. The third-order valence-corrected chi connectivity index (χ3v) is 8.07. The Balaban J connectivity index is 1.22. The normalized spacial score (nSPS) is 23.8. The summed E-state index contributed by atoms with van der Waals surface area (Å²) in [5, 5.41) is 5.37. The number of guanidine groups is 1. The first-order valence-electron chi connectivity index (χ1n) is 13.4. The van der Waals surface area contributed by atoms with Crippen molar-refractivity contribution in [3.05, 3.63) is 78.4 Å². The maximum absolute atomic E-state index is 13.4. The third-order valence-electron chi connectivity index (χ3n) is 8.07. The van der Waals surface area contributed by atoms with Gasteiger partial charge in [0, 0.05) is 19.2 Å². The van der Waals surface area contributed by atoms with Crippen LogP contribution in [-0.4, -0.2) is 35.3 Å². The first-order valence-corrected chi connectivity index (χ1v) is 13.4. The molecule has 37 heavy (non-hydrogen) atoms. The number of nitrogens with two attached hydrogens (primary N) is 1. The van der Waals surface area contributed by atoms with Crippen molar-refractivity contribution in [3.8, 4) is 0 Å². The van der Waals surface area contributed by atoms with E-state index >= 15 is 0 Å². The molecule has 0 saturated heterocycles. The van der Waals surface area contributed by atoms with Gasteiger partial charge in [-0.2, -0.15) is 0 Å². The van der Waals surface area contributed by atoms with Gasteiger partial charge in [-0.3, -0.25) is 14.5 Å². The van der Waals surface area contributed by atoms with Gasteiger partial charge in [0.1, 0.15) is 5.54 Å². The van der Waals surface area contributed by atoms with Crippen LogP contribution in [0.15, 0.2) is 77.8 Å². The van der Waals surface area contributed by atoms with Crippen LogP contribution in [0.25, 0.3) is 10.8 Å². The highest BCUT2D eigenvalue weighted by Crippen LogP contribution is 2.40. The van der Waals surface area contributed by atoms with Crippen molar-refractivity contribution in [2.75, 3.05) is 12.4 Å². The monoisotopic (exact) mass is 496 g/mol. The number of fused-ring (bicyclic) bond motifs is 1. The second-order valence-corrected chi connectivity index (χ2v) is 10.8. The number of aliphatic imine (C=N–C) groups is 1. The lowest BCUT2D eigenvalue weighted by molar-refractivity contribution is -0.131. The van der Waals surface area contributed by atoms with Crippen molar-refractivity contribution >= 4 is 34.2 Å². The topological polar surface area (TPSA) is 87.8 Å². The fraction of sp³-hybridized carbons (Fsp3) is 0.387. The summed E-state index contributed by atoms with van der Waals surface area (Å²) in [6.45, 7) is 0. The number of likely N-dealkylation sites (N-methyl/N-ethyl adjacent to an activating group) is 1. The number of carbonyl (C=O) groups excluding carboxylic acids is 2. The number of carbonyl (C=O) groups is 2. The molecule has 1 saturated carbocycles. The minimum absolute atomic E-state index is 0.00268. The molecule has 1 heterocycles. The average Bonchev–Trinajstić information content (AvgIpc) is 3.11. The van der Waals surface area contributed by atoms with E-state index in [-0.39, 0.29) is 11.8 Å². The van der Waals surface area contributed by atoms with Gasteiger partial charge in [-0.25, -0.2) is 4.99 Å². The number of hydrogen-bond donors (Lipinski definition) is 2. The predicted octanol–water partition coefficient (Wildman–Crippen LogP) is 5.52. The lowest BCUT2D eigenvalue weighted by atomic mass is 9.73. The number of benzene rings is 3. The Labute approximate surface area is 219 Å². The molecule has 2 amide bonds. The molecule has 0 aromatic heterocycles. The zero-order valence-corrected chi connectivity index (χ0v) is 21.5. The summed E-state index contributed by atoms with van der Waals surface area (Å²) in [5.74, 6) is 1.01. The predicted molar refractivity (Wildman–Crippen MR) is 149 cm³/mol. The molecule has 0 spiro atoms. The summed E-state index contributed by atoms with van der Waals surface area (Å²) >= 11 is 0. The maximum atomic E-state index is 13.4. The van der Waals surface area contributed by atoms with Crippen LogP contribution in [-0.2, 0) is 16.0 Å². The second kappa shape index (κ2) is 10.8. The van der Waals surface area contributed by atoms with Crippen molar-refractivity contribution < 1.29 is 9.59 Å². The maximum Gasteiger partial charge on any atom is 0.257 e. The third kappa shape index (κ3) is 5.68. The van der Waals surface area contributed by atoms with Gasteiger partial charge in [0.2, 0.25) is 5.91 Å². The van der Waals surface area contributed by atoms with Gasteiger partial charge >= 0.3 is 0 Å². The standard InChI is InChI=1S/C31H36N4O2/c1-35-29(37)31(34-30(35)32,17-16-22-8-3-2-4-9-22)21-24-11-7-10-23(18-24)19-28(36)33-27-15-14-25-12-5-6-13-26(25)20-27/h2-6,8-9,12-15,20,23-24H,7,10-11,16-19,21H2,1H3,(H2,32,34)(H,33,36)/t23?,24-,31+/m0/s1. The molecule has 1 aliphatic carbocycles. The summed E-state index contributed by atoms with van der Waals surface area (Å²) in [6, 6.07) is 24.4.